The maximum absolute atomic E-state index is 13.9. The van der Waals surface area contributed by atoms with Gasteiger partial charge in [0.2, 0.25) is 0 Å². The molecule has 194 valence electrons. The van der Waals surface area contributed by atoms with Crippen LogP contribution in [0.3, 0.4) is 0 Å². The van der Waals surface area contributed by atoms with Gasteiger partial charge in [0.05, 0.1) is 12.3 Å². The Balaban J connectivity index is 1.53. The lowest BCUT2D eigenvalue weighted by Crippen LogP contribution is -2.55. The number of amidine groups is 1. The third-order valence-electron chi connectivity index (χ3n) is 7.55. The summed E-state index contributed by atoms with van der Waals surface area (Å²) >= 11 is 0. The summed E-state index contributed by atoms with van der Waals surface area (Å²) in [5.41, 5.74) is 6.16. The fourth-order valence-corrected chi connectivity index (χ4v) is 5.60. The van der Waals surface area contributed by atoms with Gasteiger partial charge in [-0.2, -0.15) is 4.68 Å². The van der Waals surface area contributed by atoms with Crippen LogP contribution in [-0.4, -0.2) is 44.5 Å². The lowest BCUT2D eigenvalue weighted by molar-refractivity contribution is -0.169. The first-order valence-corrected chi connectivity index (χ1v) is 13.4. The smallest absolute Gasteiger partial charge is 0.274 e. The van der Waals surface area contributed by atoms with Gasteiger partial charge >= 0.3 is 0 Å². The summed E-state index contributed by atoms with van der Waals surface area (Å²) in [4.78, 5) is 33.4. The Morgan fingerprint density at radius 3 is 2.44 bits per heavy atom. The van der Waals surface area contributed by atoms with Gasteiger partial charge in [0.1, 0.15) is 11.4 Å². The van der Waals surface area contributed by atoms with Gasteiger partial charge in [0.15, 0.2) is 5.84 Å². The Morgan fingerprint density at radius 2 is 1.81 bits per heavy atom. The van der Waals surface area contributed by atoms with Gasteiger partial charge in [-0.05, 0) is 39.5 Å². The second-order valence-corrected chi connectivity index (χ2v) is 10.0. The molecule has 0 saturated heterocycles. The highest BCUT2D eigenvalue weighted by Gasteiger charge is 2.44. The lowest BCUT2D eigenvalue weighted by atomic mass is 9.82. The highest BCUT2D eigenvalue weighted by Crippen LogP contribution is 2.36. The molecular formula is C28H39N5O3. The maximum atomic E-state index is 13.9. The van der Waals surface area contributed by atoms with E-state index in [4.69, 9.17) is 10.5 Å². The Labute approximate surface area is 213 Å². The molecule has 4 rings (SSSR count). The van der Waals surface area contributed by atoms with Crippen molar-refractivity contribution in [3.63, 3.8) is 0 Å². The van der Waals surface area contributed by atoms with Crippen LogP contribution in [0.25, 0.3) is 0 Å². The first-order chi connectivity index (χ1) is 17.4. The molecule has 36 heavy (non-hydrogen) atoms. The predicted octanol–water partition coefficient (Wildman–Crippen LogP) is 4.12. The number of likely N-dealkylation sites (N-methyl/N-ethyl adjacent to an activating group) is 1. The molecule has 2 aliphatic rings. The van der Waals surface area contributed by atoms with Crippen LogP contribution in [0.4, 0.5) is 0 Å². The molecule has 2 fully saturated rings. The van der Waals surface area contributed by atoms with Crippen LogP contribution in [-0.2, 0) is 16.1 Å². The van der Waals surface area contributed by atoms with Crippen molar-refractivity contribution in [3.05, 3.63) is 63.8 Å². The van der Waals surface area contributed by atoms with Crippen molar-refractivity contribution < 1.29 is 9.53 Å². The van der Waals surface area contributed by atoms with E-state index < -0.39 is 5.60 Å². The fraction of sp³-hybridized carbons (Fsp3) is 0.571. The quantitative estimate of drug-likeness (QED) is 0.440. The van der Waals surface area contributed by atoms with E-state index in [2.05, 4.69) is 21.9 Å². The minimum Gasteiger partial charge on any atom is -0.382 e. The molecule has 0 bridgehead atoms. The van der Waals surface area contributed by atoms with E-state index in [1.165, 1.54) is 30.0 Å². The molecule has 0 spiro atoms. The van der Waals surface area contributed by atoms with Crippen molar-refractivity contribution in [2.24, 2.45) is 10.8 Å². The predicted molar refractivity (Wildman–Crippen MR) is 141 cm³/mol. The van der Waals surface area contributed by atoms with Gasteiger partial charge in [-0.25, -0.2) is 4.98 Å². The first kappa shape index (κ1) is 26.1. The van der Waals surface area contributed by atoms with Crippen molar-refractivity contribution >= 4 is 11.7 Å². The van der Waals surface area contributed by atoms with Gasteiger partial charge in [-0.3, -0.25) is 9.59 Å². The minimum atomic E-state index is -0.841. The molecule has 1 aromatic carbocycles. The summed E-state index contributed by atoms with van der Waals surface area (Å²) in [7, 11) is 0. The first-order valence-electron chi connectivity index (χ1n) is 13.4. The second kappa shape index (κ2) is 11.8. The number of ether oxygens (including phenoxy) is 1. The minimum absolute atomic E-state index is 0.113. The number of rotatable bonds is 8. The summed E-state index contributed by atoms with van der Waals surface area (Å²) in [6.07, 6.45) is 10.2. The number of nitrogens with zero attached hydrogens (tertiary/aromatic N) is 4. The van der Waals surface area contributed by atoms with Gasteiger partial charge in [-0.1, -0.05) is 68.9 Å². The average Bonchev–Trinajstić information content (AvgIpc) is 2.91. The molecule has 8 heteroatoms. The van der Waals surface area contributed by atoms with Crippen LogP contribution >= 0.6 is 0 Å². The number of amides is 1. The van der Waals surface area contributed by atoms with E-state index in [0.29, 0.717) is 36.9 Å². The largest absolute Gasteiger partial charge is 0.382 e. The highest BCUT2D eigenvalue weighted by atomic mass is 16.5. The number of carbonyl (C=O) groups is 1. The van der Waals surface area contributed by atoms with Gasteiger partial charge in [0, 0.05) is 24.2 Å². The molecule has 8 nitrogen and oxygen atoms in total. The molecular weight excluding hydrogens is 454 g/mol. The van der Waals surface area contributed by atoms with Crippen LogP contribution in [0, 0.1) is 6.92 Å². The number of hydrogen-bond acceptors (Lipinski definition) is 5. The normalized spacial score (nSPS) is 18.7. The van der Waals surface area contributed by atoms with Gasteiger partial charge < -0.3 is 15.4 Å². The topological polar surface area (TPSA) is 103 Å². The molecule has 1 amide bonds. The van der Waals surface area contributed by atoms with Crippen LogP contribution in [0.15, 0.2) is 46.3 Å². The summed E-state index contributed by atoms with van der Waals surface area (Å²) in [5, 5.41) is 4.28. The van der Waals surface area contributed by atoms with Crippen LogP contribution in [0.2, 0.25) is 0 Å². The second-order valence-electron chi connectivity index (χ2n) is 10.0. The molecule has 0 unspecified atom stereocenters. The zero-order valence-electron chi connectivity index (χ0n) is 21.6. The Hall–Kier alpha value is -3.00. The molecule has 2 aliphatic carbocycles. The summed E-state index contributed by atoms with van der Waals surface area (Å²) < 4.78 is 7.63. The monoisotopic (exact) mass is 493 g/mol. The number of benzene rings is 1. The Morgan fingerprint density at radius 1 is 1.14 bits per heavy atom. The Kier molecular flexibility index (Phi) is 8.56. The number of nitrogens with two attached hydrogens (primary N) is 1. The molecule has 1 heterocycles. The lowest BCUT2D eigenvalue weighted by Gasteiger charge is -2.43. The number of hydrogen-bond donors (Lipinski definition) is 1. The van der Waals surface area contributed by atoms with Crippen molar-refractivity contribution in [3.8, 4) is 0 Å². The molecule has 2 N–H and O–H groups in total. The zero-order chi connectivity index (χ0) is 25.5. The van der Waals surface area contributed by atoms with Crippen LogP contribution in [0.5, 0.6) is 0 Å². The van der Waals surface area contributed by atoms with Crippen LogP contribution < -0.4 is 11.3 Å². The summed E-state index contributed by atoms with van der Waals surface area (Å²) in [5.74, 6) is 0.768. The van der Waals surface area contributed by atoms with Gasteiger partial charge in [0.25, 0.3) is 11.5 Å². The van der Waals surface area contributed by atoms with E-state index in [-0.39, 0.29) is 23.9 Å². The Bertz CT molecular complexity index is 1120. The average molecular weight is 494 g/mol. The van der Waals surface area contributed by atoms with Crippen LogP contribution in [0.1, 0.15) is 88.2 Å². The van der Waals surface area contributed by atoms with Crippen molar-refractivity contribution in [2.75, 3.05) is 6.54 Å². The molecule has 0 aliphatic heterocycles. The van der Waals surface area contributed by atoms with Crippen molar-refractivity contribution in [1.29, 1.82) is 0 Å². The maximum Gasteiger partial charge on any atom is 0.274 e. The third-order valence-corrected chi connectivity index (χ3v) is 7.55. The molecule has 0 atom stereocenters. The molecule has 2 aromatic rings. The SMILES string of the molecule is CCN(C(=O)C1(OCc2cc(=O)n(N=C(N)c3ccccc3)c(C)n2)CCCCC1)C1CCCCC1. The van der Waals surface area contributed by atoms with Crippen molar-refractivity contribution in [1.82, 2.24) is 14.6 Å². The third kappa shape index (κ3) is 5.86. The standard InChI is InChI=1S/C28H39N5O3/c1-3-32(24-15-9-5-10-16-24)27(35)28(17-11-6-12-18-28)36-20-23-19-25(34)33(21(2)30-23)31-26(29)22-13-7-4-8-14-22/h4,7-8,13-14,19,24H,3,5-6,9-12,15-18,20H2,1-2H3,(H2,29,31). The number of carbonyl (C=O) groups excluding carboxylic acids is 1. The number of aromatic nitrogens is 2. The van der Waals surface area contributed by atoms with E-state index in [0.717, 1.165) is 37.7 Å². The molecule has 1 aromatic heterocycles. The van der Waals surface area contributed by atoms with Gasteiger partial charge in [-0.15, -0.1) is 5.10 Å². The van der Waals surface area contributed by atoms with E-state index in [1.54, 1.807) is 6.92 Å². The van der Waals surface area contributed by atoms with E-state index >= 15 is 0 Å². The fourth-order valence-electron chi connectivity index (χ4n) is 5.60. The summed E-state index contributed by atoms with van der Waals surface area (Å²) in [6, 6.07) is 11.0. The number of aryl methyl sites for hydroxylation is 1. The van der Waals surface area contributed by atoms with E-state index in [9.17, 15) is 9.59 Å². The van der Waals surface area contributed by atoms with Crippen molar-refractivity contribution in [2.45, 2.75) is 96.3 Å². The molecule has 2 saturated carbocycles. The zero-order valence-corrected chi connectivity index (χ0v) is 21.6. The summed E-state index contributed by atoms with van der Waals surface area (Å²) in [6.45, 7) is 4.59. The highest BCUT2D eigenvalue weighted by molar-refractivity contribution is 5.97. The van der Waals surface area contributed by atoms with E-state index in [1.807, 2.05) is 30.3 Å². The molecule has 0 radical (unpaired) electrons.